The molecule has 3 rings (SSSR count). The molecule has 0 unspecified atom stereocenters. The zero-order chi connectivity index (χ0) is 17.1. The molecular weight excluding hydrogens is 361 g/mol. The van der Waals surface area contributed by atoms with Crippen LogP contribution in [0, 0.1) is 11.3 Å². The molecule has 128 valence electrons. The van der Waals surface area contributed by atoms with Crippen molar-refractivity contribution in [2.45, 2.75) is 0 Å². The van der Waals surface area contributed by atoms with Crippen molar-refractivity contribution in [3.63, 3.8) is 0 Å². The fourth-order valence-corrected chi connectivity index (χ4v) is 2.73. The highest BCUT2D eigenvalue weighted by atomic mass is 35.5. The minimum Gasteiger partial charge on any atom is -0.495 e. The number of para-hydroxylation sites is 1. The van der Waals surface area contributed by atoms with Gasteiger partial charge in [-0.15, -0.1) is 12.4 Å². The van der Waals surface area contributed by atoms with Gasteiger partial charge < -0.3 is 14.8 Å². The average Bonchev–Trinajstić information content (AvgIpc) is 2.61. The van der Waals surface area contributed by atoms with Crippen LogP contribution in [0.2, 0.25) is 5.02 Å². The van der Waals surface area contributed by atoms with E-state index in [2.05, 4.69) is 16.4 Å². The molecule has 25 heavy (non-hydrogen) atoms. The Bertz CT molecular complexity index is 955. The van der Waals surface area contributed by atoms with E-state index in [1.807, 2.05) is 24.3 Å². The van der Waals surface area contributed by atoms with Gasteiger partial charge >= 0.3 is 0 Å². The van der Waals surface area contributed by atoms with E-state index in [1.165, 1.54) is 6.20 Å². The summed E-state index contributed by atoms with van der Waals surface area (Å²) in [5.41, 5.74) is 2.51. The van der Waals surface area contributed by atoms with Crippen molar-refractivity contribution in [3.8, 4) is 17.6 Å². The average molecular weight is 376 g/mol. The molecule has 0 radical (unpaired) electrons. The van der Waals surface area contributed by atoms with Crippen LogP contribution in [0.1, 0.15) is 5.56 Å². The first-order valence-corrected chi connectivity index (χ1v) is 7.52. The van der Waals surface area contributed by atoms with Gasteiger partial charge in [-0.1, -0.05) is 23.7 Å². The summed E-state index contributed by atoms with van der Waals surface area (Å²) in [5.74, 6) is 1.23. The van der Waals surface area contributed by atoms with Crippen molar-refractivity contribution in [1.82, 2.24) is 4.98 Å². The van der Waals surface area contributed by atoms with Crippen molar-refractivity contribution >= 4 is 46.3 Å². The normalized spacial score (nSPS) is 9.84. The standard InChI is InChI=1S/C18H14ClN3O2.ClH/c1-23-15-7-6-12(8-14(15)19)22-17-11(9-20)10-21-18-13(17)4-3-5-16(18)24-2;/h3-8,10H,1-2H3,(H,21,22);1H. The largest absolute Gasteiger partial charge is 0.495 e. The smallest absolute Gasteiger partial charge is 0.145 e. The minimum absolute atomic E-state index is 0. The molecule has 0 aliphatic carbocycles. The van der Waals surface area contributed by atoms with E-state index in [0.717, 1.165) is 11.1 Å². The topological polar surface area (TPSA) is 67.2 Å². The first-order valence-electron chi connectivity index (χ1n) is 7.14. The molecule has 1 aromatic heterocycles. The van der Waals surface area contributed by atoms with Crippen LogP contribution in [0.15, 0.2) is 42.6 Å². The Morgan fingerprint density at radius 2 is 1.88 bits per heavy atom. The lowest BCUT2D eigenvalue weighted by Crippen LogP contribution is -1.98. The number of nitrogens with zero attached hydrogens (tertiary/aromatic N) is 2. The van der Waals surface area contributed by atoms with E-state index in [1.54, 1.807) is 26.4 Å². The van der Waals surface area contributed by atoms with Gasteiger partial charge in [-0.2, -0.15) is 5.26 Å². The third-order valence-electron chi connectivity index (χ3n) is 3.62. The maximum absolute atomic E-state index is 9.41. The monoisotopic (exact) mass is 375 g/mol. The number of hydrogen-bond donors (Lipinski definition) is 1. The molecule has 2 aromatic carbocycles. The van der Waals surface area contributed by atoms with Crippen molar-refractivity contribution in [2.75, 3.05) is 19.5 Å². The van der Waals surface area contributed by atoms with Gasteiger partial charge in [-0.25, -0.2) is 0 Å². The maximum atomic E-state index is 9.41. The lowest BCUT2D eigenvalue weighted by molar-refractivity contribution is 0.415. The Labute approximate surface area is 156 Å². The number of pyridine rings is 1. The second-order valence-corrected chi connectivity index (χ2v) is 5.40. The van der Waals surface area contributed by atoms with Gasteiger partial charge in [0.15, 0.2) is 0 Å². The zero-order valence-electron chi connectivity index (χ0n) is 13.5. The molecule has 0 aliphatic rings. The Balaban J connectivity index is 0.00000225. The number of nitrogens with one attached hydrogen (secondary N) is 1. The number of halogens is 2. The first-order chi connectivity index (χ1) is 11.7. The number of anilines is 2. The first kappa shape index (κ1) is 18.7. The molecule has 0 bridgehead atoms. The number of rotatable bonds is 4. The summed E-state index contributed by atoms with van der Waals surface area (Å²) in [7, 11) is 3.15. The van der Waals surface area contributed by atoms with Gasteiger partial charge in [0.1, 0.15) is 23.1 Å². The summed E-state index contributed by atoms with van der Waals surface area (Å²) in [6.07, 6.45) is 1.53. The Morgan fingerprint density at radius 3 is 2.52 bits per heavy atom. The second kappa shape index (κ2) is 7.93. The van der Waals surface area contributed by atoms with Gasteiger partial charge in [-0.3, -0.25) is 4.98 Å². The summed E-state index contributed by atoms with van der Waals surface area (Å²) in [6.45, 7) is 0. The molecule has 0 amide bonds. The fourth-order valence-electron chi connectivity index (χ4n) is 2.47. The molecule has 0 saturated heterocycles. The Morgan fingerprint density at radius 1 is 1.12 bits per heavy atom. The molecule has 0 atom stereocenters. The predicted octanol–water partition coefficient (Wildman–Crippen LogP) is 4.94. The number of nitriles is 1. The number of aromatic nitrogens is 1. The maximum Gasteiger partial charge on any atom is 0.145 e. The molecule has 1 N–H and O–H groups in total. The van der Waals surface area contributed by atoms with Crippen LogP contribution in [-0.2, 0) is 0 Å². The molecule has 0 aliphatic heterocycles. The third-order valence-corrected chi connectivity index (χ3v) is 3.92. The molecule has 0 saturated carbocycles. The lowest BCUT2D eigenvalue weighted by Gasteiger charge is -2.14. The van der Waals surface area contributed by atoms with Gasteiger partial charge in [0.05, 0.1) is 30.5 Å². The molecular formula is C18H15Cl2N3O2. The Hall–Kier alpha value is -2.68. The van der Waals surface area contributed by atoms with Gasteiger partial charge in [0, 0.05) is 17.3 Å². The minimum atomic E-state index is 0. The second-order valence-electron chi connectivity index (χ2n) is 4.99. The fraction of sp³-hybridized carbons (Fsp3) is 0.111. The van der Waals surface area contributed by atoms with Crippen LogP contribution in [0.3, 0.4) is 0 Å². The van der Waals surface area contributed by atoms with Crippen LogP contribution in [0.25, 0.3) is 10.9 Å². The van der Waals surface area contributed by atoms with Crippen LogP contribution in [0.5, 0.6) is 11.5 Å². The quantitative estimate of drug-likeness (QED) is 0.698. The number of fused-ring (bicyclic) bond motifs is 1. The summed E-state index contributed by atoms with van der Waals surface area (Å²) < 4.78 is 10.5. The van der Waals surface area contributed by atoms with E-state index in [9.17, 15) is 5.26 Å². The van der Waals surface area contributed by atoms with Gasteiger partial charge in [-0.05, 0) is 24.3 Å². The summed E-state index contributed by atoms with van der Waals surface area (Å²) in [6, 6.07) is 13.1. The predicted molar refractivity (Wildman–Crippen MR) is 102 cm³/mol. The molecule has 0 spiro atoms. The number of benzene rings is 2. The zero-order valence-corrected chi connectivity index (χ0v) is 15.1. The number of ether oxygens (including phenoxy) is 2. The summed E-state index contributed by atoms with van der Waals surface area (Å²) in [4.78, 5) is 4.34. The highest BCUT2D eigenvalue weighted by molar-refractivity contribution is 6.32. The molecule has 0 fully saturated rings. The van der Waals surface area contributed by atoms with Crippen LogP contribution in [0.4, 0.5) is 11.4 Å². The van der Waals surface area contributed by atoms with E-state index in [-0.39, 0.29) is 12.4 Å². The van der Waals surface area contributed by atoms with Crippen molar-refractivity contribution in [1.29, 1.82) is 5.26 Å². The van der Waals surface area contributed by atoms with E-state index < -0.39 is 0 Å². The summed E-state index contributed by atoms with van der Waals surface area (Å²) >= 11 is 6.17. The lowest BCUT2D eigenvalue weighted by atomic mass is 10.1. The number of hydrogen-bond acceptors (Lipinski definition) is 5. The van der Waals surface area contributed by atoms with Gasteiger partial charge in [0.2, 0.25) is 0 Å². The van der Waals surface area contributed by atoms with Crippen molar-refractivity contribution < 1.29 is 9.47 Å². The summed E-state index contributed by atoms with van der Waals surface area (Å²) in [5, 5.41) is 13.9. The van der Waals surface area contributed by atoms with Crippen LogP contribution >= 0.6 is 24.0 Å². The highest BCUT2D eigenvalue weighted by Crippen LogP contribution is 2.35. The van der Waals surface area contributed by atoms with Crippen LogP contribution in [-0.4, -0.2) is 19.2 Å². The molecule has 7 heteroatoms. The third kappa shape index (κ3) is 3.55. The van der Waals surface area contributed by atoms with Crippen molar-refractivity contribution in [2.24, 2.45) is 0 Å². The van der Waals surface area contributed by atoms with E-state index >= 15 is 0 Å². The Kier molecular flexibility index (Phi) is 5.92. The van der Waals surface area contributed by atoms with Crippen LogP contribution < -0.4 is 14.8 Å². The molecule has 5 nitrogen and oxygen atoms in total. The molecule has 3 aromatic rings. The van der Waals surface area contributed by atoms with Gasteiger partial charge in [0.25, 0.3) is 0 Å². The molecule has 1 heterocycles. The van der Waals surface area contributed by atoms with E-state index in [4.69, 9.17) is 21.1 Å². The van der Waals surface area contributed by atoms with Crippen molar-refractivity contribution in [3.05, 3.63) is 53.2 Å². The SMILES string of the molecule is COc1ccc(Nc2c(C#N)cnc3c(OC)cccc23)cc1Cl.Cl. The number of methoxy groups -OCH3 is 2. The van der Waals surface area contributed by atoms with E-state index in [0.29, 0.717) is 33.3 Å². The highest BCUT2D eigenvalue weighted by Gasteiger charge is 2.13.